The summed E-state index contributed by atoms with van der Waals surface area (Å²) in [6, 6.07) is 0. The Kier molecular flexibility index (Phi) is 2.34. The number of carbonyl (C=O) groups is 1. The number of Topliss-reactive ketones (excluding diaryl/α,β-unsaturated/α-hetero) is 1. The van der Waals surface area contributed by atoms with E-state index in [4.69, 9.17) is 0 Å². The van der Waals surface area contributed by atoms with Crippen molar-refractivity contribution >= 4 is 5.78 Å². The maximum absolute atomic E-state index is 12.7. The van der Waals surface area contributed by atoms with E-state index in [1.807, 2.05) is 20.8 Å². The number of aliphatic hydroxyl groups excluding tert-OH is 1. The zero-order chi connectivity index (χ0) is 14.2. The number of rotatable bonds is 1. The van der Waals surface area contributed by atoms with Crippen molar-refractivity contribution in [1.29, 1.82) is 0 Å². The van der Waals surface area contributed by atoms with Gasteiger partial charge in [0.05, 0.1) is 6.61 Å². The van der Waals surface area contributed by atoms with E-state index in [0.717, 1.165) is 40.7 Å². The van der Waals surface area contributed by atoms with E-state index < -0.39 is 11.0 Å². The topological polar surface area (TPSA) is 57.5 Å². The maximum atomic E-state index is 12.7. The van der Waals surface area contributed by atoms with E-state index in [9.17, 15) is 15.0 Å². The van der Waals surface area contributed by atoms with Crippen LogP contribution in [0.5, 0.6) is 0 Å². The van der Waals surface area contributed by atoms with Crippen LogP contribution >= 0.6 is 0 Å². The first-order valence-corrected chi connectivity index (χ1v) is 6.80. The molecule has 0 bridgehead atoms. The van der Waals surface area contributed by atoms with Crippen LogP contribution in [-0.4, -0.2) is 28.2 Å². The highest BCUT2D eigenvalue weighted by Crippen LogP contribution is 2.65. The van der Waals surface area contributed by atoms with Gasteiger partial charge in [-0.15, -0.1) is 0 Å². The number of aliphatic hydroxyl groups is 2. The molecule has 0 aliphatic heterocycles. The van der Waals surface area contributed by atoms with Gasteiger partial charge in [0.15, 0.2) is 5.78 Å². The van der Waals surface area contributed by atoms with Crippen LogP contribution in [0.4, 0.5) is 0 Å². The minimum absolute atomic E-state index is 0.0507. The Bertz CT molecular complexity index is 595. The van der Waals surface area contributed by atoms with Crippen molar-refractivity contribution in [2.75, 3.05) is 6.61 Å². The Morgan fingerprint density at radius 1 is 1.11 bits per heavy atom. The molecule has 1 fully saturated rings. The van der Waals surface area contributed by atoms with Crippen LogP contribution < -0.4 is 0 Å². The smallest absolute Gasteiger partial charge is 0.195 e. The molecular formula is C16H20O3. The fourth-order valence-electron chi connectivity index (χ4n) is 3.89. The lowest BCUT2D eigenvalue weighted by Crippen LogP contribution is -2.49. The van der Waals surface area contributed by atoms with Gasteiger partial charge in [0.25, 0.3) is 0 Å². The van der Waals surface area contributed by atoms with Gasteiger partial charge in [-0.2, -0.15) is 0 Å². The zero-order valence-electron chi connectivity index (χ0n) is 11.9. The van der Waals surface area contributed by atoms with Crippen LogP contribution in [0.1, 0.15) is 40.5 Å². The van der Waals surface area contributed by atoms with Crippen molar-refractivity contribution < 1.29 is 15.0 Å². The fourth-order valence-corrected chi connectivity index (χ4v) is 3.89. The van der Waals surface area contributed by atoms with Gasteiger partial charge in [0.2, 0.25) is 0 Å². The highest BCUT2D eigenvalue weighted by molar-refractivity contribution is 6.11. The van der Waals surface area contributed by atoms with Gasteiger partial charge in [-0.25, -0.2) is 0 Å². The summed E-state index contributed by atoms with van der Waals surface area (Å²) in [5.41, 5.74) is 3.66. The fraction of sp³-hybridized carbons (Fsp3) is 0.562. The van der Waals surface area contributed by atoms with E-state index in [1.165, 1.54) is 0 Å². The highest BCUT2D eigenvalue weighted by Gasteiger charge is 2.65. The highest BCUT2D eigenvalue weighted by atomic mass is 16.3. The summed E-state index contributed by atoms with van der Waals surface area (Å²) in [7, 11) is 0. The summed E-state index contributed by atoms with van der Waals surface area (Å²) in [5.74, 6) is -0.175. The number of allylic oxidation sites excluding steroid dienone is 2. The Labute approximate surface area is 113 Å². The molecular weight excluding hydrogens is 240 g/mol. The molecule has 102 valence electrons. The standard InChI is InChI=1S/C16H20O3/c1-8-9(2)12-13(11(8)7-17)10(3)16(5-6-16)15(4,19)14(12)18/h17,19H,5-7H2,1-4H3/t15-/m0/s1. The molecule has 1 saturated carbocycles. The van der Waals surface area contributed by atoms with Crippen LogP contribution in [0.15, 0.2) is 33.4 Å². The van der Waals surface area contributed by atoms with E-state index in [0.29, 0.717) is 5.57 Å². The van der Waals surface area contributed by atoms with Gasteiger partial charge in [0.1, 0.15) is 5.60 Å². The molecule has 3 heteroatoms. The number of hydrogen-bond acceptors (Lipinski definition) is 3. The monoisotopic (exact) mass is 260 g/mol. The number of hydrogen-bond donors (Lipinski definition) is 2. The molecule has 0 radical (unpaired) electrons. The third kappa shape index (κ3) is 1.23. The van der Waals surface area contributed by atoms with E-state index in [1.54, 1.807) is 6.92 Å². The van der Waals surface area contributed by atoms with Gasteiger partial charge >= 0.3 is 0 Å². The molecule has 0 amide bonds. The molecule has 2 N–H and O–H groups in total. The Balaban J connectivity index is 2.34. The molecule has 1 atom stereocenters. The largest absolute Gasteiger partial charge is 0.392 e. The average molecular weight is 260 g/mol. The molecule has 0 aromatic carbocycles. The predicted octanol–water partition coefficient (Wildman–Crippen LogP) is 2.06. The van der Waals surface area contributed by atoms with Crippen molar-refractivity contribution in [3.8, 4) is 0 Å². The van der Waals surface area contributed by atoms with Gasteiger partial charge < -0.3 is 10.2 Å². The Morgan fingerprint density at radius 3 is 2.16 bits per heavy atom. The molecule has 3 aliphatic rings. The minimum atomic E-state index is -1.30. The van der Waals surface area contributed by atoms with Gasteiger partial charge in [0, 0.05) is 11.0 Å². The molecule has 1 spiro atoms. The van der Waals surface area contributed by atoms with Crippen molar-refractivity contribution in [2.45, 2.75) is 46.1 Å². The van der Waals surface area contributed by atoms with Crippen LogP contribution in [0.2, 0.25) is 0 Å². The van der Waals surface area contributed by atoms with Crippen LogP contribution in [0.3, 0.4) is 0 Å². The third-order valence-corrected chi connectivity index (χ3v) is 5.54. The third-order valence-electron chi connectivity index (χ3n) is 5.54. The van der Waals surface area contributed by atoms with Gasteiger partial charge in [-0.3, -0.25) is 4.79 Å². The van der Waals surface area contributed by atoms with Crippen LogP contribution in [0, 0.1) is 5.41 Å². The summed E-state index contributed by atoms with van der Waals surface area (Å²) in [6.45, 7) is 7.44. The number of carbonyl (C=O) groups excluding carboxylic acids is 1. The summed E-state index contributed by atoms with van der Waals surface area (Å²) >= 11 is 0. The van der Waals surface area contributed by atoms with E-state index in [2.05, 4.69) is 0 Å². The lowest BCUT2D eigenvalue weighted by atomic mass is 9.67. The second kappa shape index (κ2) is 3.47. The summed E-state index contributed by atoms with van der Waals surface area (Å²) in [4.78, 5) is 12.7. The summed E-state index contributed by atoms with van der Waals surface area (Å²) in [5, 5.41) is 20.3. The molecule has 0 unspecified atom stereocenters. The lowest BCUT2D eigenvalue weighted by Gasteiger charge is -2.39. The molecule has 3 rings (SSSR count). The first kappa shape index (κ1) is 12.8. The average Bonchev–Trinajstić information content (AvgIpc) is 3.12. The van der Waals surface area contributed by atoms with Crippen molar-refractivity contribution in [1.82, 2.24) is 0 Å². The Hall–Kier alpha value is -1.19. The quantitative estimate of drug-likeness (QED) is 0.758. The summed E-state index contributed by atoms with van der Waals surface area (Å²) in [6.07, 6.45) is 1.70. The first-order chi connectivity index (χ1) is 8.79. The van der Waals surface area contributed by atoms with Gasteiger partial charge in [-0.05, 0) is 62.8 Å². The van der Waals surface area contributed by atoms with Crippen molar-refractivity contribution in [3.05, 3.63) is 33.4 Å². The summed E-state index contributed by atoms with van der Waals surface area (Å²) < 4.78 is 0. The molecule has 0 saturated heterocycles. The minimum Gasteiger partial charge on any atom is -0.392 e. The van der Waals surface area contributed by atoms with E-state index >= 15 is 0 Å². The number of ketones is 1. The molecule has 3 aliphatic carbocycles. The first-order valence-electron chi connectivity index (χ1n) is 6.80. The molecule has 3 nitrogen and oxygen atoms in total. The SMILES string of the molecule is CC1=C(CO)C2=C(C)C3(CC3)[C@@](C)(O)C(=O)C2=C1C. The van der Waals surface area contributed by atoms with E-state index in [-0.39, 0.29) is 12.4 Å². The van der Waals surface area contributed by atoms with Crippen molar-refractivity contribution in [2.24, 2.45) is 5.41 Å². The normalized spacial score (nSPS) is 32.6. The molecule has 0 aromatic heterocycles. The Morgan fingerprint density at radius 2 is 1.68 bits per heavy atom. The van der Waals surface area contributed by atoms with Gasteiger partial charge in [-0.1, -0.05) is 5.57 Å². The lowest BCUT2D eigenvalue weighted by molar-refractivity contribution is -0.137. The van der Waals surface area contributed by atoms with Crippen LogP contribution in [-0.2, 0) is 4.79 Å². The molecule has 0 aromatic rings. The maximum Gasteiger partial charge on any atom is 0.195 e. The zero-order valence-corrected chi connectivity index (χ0v) is 11.9. The second-order valence-corrected chi connectivity index (χ2v) is 6.25. The second-order valence-electron chi connectivity index (χ2n) is 6.25. The molecule has 0 heterocycles. The van der Waals surface area contributed by atoms with Crippen LogP contribution in [0.25, 0.3) is 0 Å². The van der Waals surface area contributed by atoms with Crippen molar-refractivity contribution in [3.63, 3.8) is 0 Å². The predicted molar refractivity (Wildman–Crippen MR) is 72.5 cm³/mol. The number of fused-ring (bicyclic) bond motifs is 1. The molecule has 19 heavy (non-hydrogen) atoms.